The third-order valence-electron chi connectivity index (χ3n) is 25.3. The molecule has 6 nitrogen and oxygen atoms in total. The second-order valence-corrected chi connectivity index (χ2v) is 32.5. The second kappa shape index (κ2) is 30.2. The normalized spacial score (nSPS) is 11.7. The Morgan fingerprint density at radius 2 is 0.456 bits per heavy atom. The molecule has 0 aliphatic carbocycles. The van der Waals surface area contributed by atoms with Gasteiger partial charge in [0.15, 0.2) is 0 Å². The lowest BCUT2D eigenvalue weighted by molar-refractivity contribution is 1.10. The van der Waals surface area contributed by atoms with Crippen molar-refractivity contribution in [1.29, 1.82) is 0 Å². The molecule has 0 saturated heterocycles. The van der Waals surface area contributed by atoms with Crippen molar-refractivity contribution in [3.63, 3.8) is 0 Å². The molecule has 0 fully saturated rings. The molecule has 3 heterocycles. The zero-order valence-electron chi connectivity index (χ0n) is 68.1. The average Bonchev–Trinajstić information content (AvgIpc) is 1.65. The Labute approximate surface area is 723 Å². The summed E-state index contributed by atoms with van der Waals surface area (Å²) in [6.07, 6.45) is 0. The van der Waals surface area contributed by atoms with Crippen molar-refractivity contribution in [1.82, 2.24) is 28.7 Å². The third kappa shape index (κ3) is 12.6. The highest BCUT2D eigenvalue weighted by atomic mass is 15.1. The number of imidazole rings is 3. The largest absolute Gasteiger partial charge is 0.292 e. The summed E-state index contributed by atoms with van der Waals surface area (Å²) >= 11 is 0. The summed E-state index contributed by atoms with van der Waals surface area (Å²) in [5.74, 6) is 2.64. The molecule has 582 valence electrons. The van der Waals surface area contributed by atoms with Gasteiger partial charge in [-0.05, 0) is 251 Å². The summed E-state index contributed by atoms with van der Waals surface area (Å²) in [7, 11) is 0. The van der Waals surface area contributed by atoms with Crippen molar-refractivity contribution in [2.45, 2.75) is 0 Å². The first-order valence-electron chi connectivity index (χ1n) is 42.8. The van der Waals surface area contributed by atoms with Gasteiger partial charge in [0, 0.05) is 33.8 Å². The Bertz CT molecular complexity index is 8290. The monoisotopic (exact) mass is 1590 g/mol. The Kier molecular flexibility index (Phi) is 17.5. The molecule has 0 amide bonds. The molecule has 21 aromatic carbocycles. The van der Waals surface area contributed by atoms with Gasteiger partial charge in [-0.3, -0.25) is 13.7 Å². The van der Waals surface area contributed by atoms with Gasteiger partial charge in [-0.15, -0.1) is 0 Å². The van der Waals surface area contributed by atoms with E-state index in [1.807, 2.05) is 0 Å². The van der Waals surface area contributed by atoms with E-state index in [9.17, 15) is 0 Å². The molecule has 24 aromatic rings. The molecule has 0 bridgehead atoms. The van der Waals surface area contributed by atoms with Crippen LogP contribution in [-0.4, -0.2) is 28.7 Å². The van der Waals surface area contributed by atoms with Crippen LogP contribution in [0, 0.1) is 0 Å². The van der Waals surface area contributed by atoms with Gasteiger partial charge in [0.1, 0.15) is 17.5 Å². The summed E-state index contributed by atoms with van der Waals surface area (Å²) < 4.78 is 6.89. The second-order valence-electron chi connectivity index (χ2n) is 32.5. The topological polar surface area (TPSA) is 53.5 Å². The molecule has 24 rings (SSSR count). The minimum absolute atomic E-state index is 0.862. The van der Waals surface area contributed by atoms with Crippen molar-refractivity contribution in [2.24, 2.45) is 0 Å². The smallest absolute Gasteiger partial charge is 0.145 e. The van der Waals surface area contributed by atoms with Gasteiger partial charge in [-0.2, -0.15) is 0 Å². The SMILES string of the molecule is c1ccc(-c2cccc(-c3c4cc(-c5ccc(-c6nc7ccccc7n6-c6cccc(-c7ccc(-n8c(-c9ccc(-c%10c%11ccccc%11c(-c%11ccc%12ccccc%12c%11)c%11ccccc%10%11)cc9)nc9ccccc98)cc7)c6)cc5)ccc4c(-c4ccccc4-c4ccccc4)c4cc(-c5ccc(-c6nc7ccccc7n6-c6ccccc6)cc5)ccc34)c2)cc1. The molecule has 3 aromatic heterocycles. The summed E-state index contributed by atoms with van der Waals surface area (Å²) in [6, 6.07) is 168. The molecule has 0 spiro atoms. The van der Waals surface area contributed by atoms with Crippen molar-refractivity contribution >= 4 is 87.0 Å². The number of fused-ring (bicyclic) bond motifs is 8. The van der Waals surface area contributed by atoms with Crippen LogP contribution in [0.4, 0.5) is 0 Å². The maximum Gasteiger partial charge on any atom is 0.145 e. The number of nitrogens with zero attached hydrogens (tertiary/aromatic N) is 6. The fourth-order valence-electron chi connectivity index (χ4n) is 19.4. The number of aromatic nitrogens is 6. The maximum atomic E-state index is 5.45. The summed E-state index contributed by atoms with van der Waals surface area (Å²) in [5.41, 5.74) is 33.0. The molecule has 0 atom stereocenters. The van der Waals surface area contributed by atoms with E-state index in [0.717, 1.165) is 145 Å². The first-order chi connectivity index (χ1) is 62.0. The van der Waals surface area contributed by atoms with Crippen molar-refractivity contribution in [3.05, 3.63) is 461 Å². The molecule has 0 aliphatic rings. The molecule has 0 saturated carbocycles. The van der Waals surface area contributed by atoms with Gasteiger partial charge in [-0.1, -0.05) is 364 Å². The Balaban J connectivity index is 0.583. The van der Waals surface area contributed by atoms with Crippen LogP contribution in [0.1, 0.15) is 0 Å². The van der Waals surface area contributed by atoms with Crippen LogP contribution >= 0.6 is 0 Å². The van der Waals surface area contributed by atoms with E-state index in [0.29, 0.717) is 0 Å². The molecule has 0 radical (unpaired) electrons. The van der Waals surface area contributed by atoms with Crippen molar-refractivity contribution in [3.8, 4) is 151 Å². The lowest BCUT2D eigenvalue weighted by Crippen LogP contribution is -1.99. The lowest BCUT2D eigenvalue weighted by Gasteiger charge is -2.21. The van der Waals surface area contributed by atoms with Crippen LogP contribution in [0.2, 0.25) is 0 Å². The van der Waals surface area contributed by atoms with Gasteiger partial charge in [-0.25, -0.2) is 15.0 Å². The molecule has 0 N–H and O–H groups in total. The number of hydrogen-bond donors (Lipinski definition) is 0. The highest BCUT2D eigenvalue weighted by Gasteiger charge is 2.26. The number of rotatable bonds is 15. The first-order valence-corrected chi connectivity index (χ1v) is 42.8. The maximum absolute atomic E-state index is 5.45. The fraction of sp³-hybridized carbons (Fsp3) is 0. The Morgan fingerprint density at radius 3 is 1.00 bits per heavy atom. The van der Waals surface area contributed by atoms with E-state index in [4.69, 9.17) is 15.0 Å². The standard InChI is InChI=1S/C119H76N6/c1-4-26-77(27-5-1)88-32-24-34-92(72-88)115-103-70-66-91(80-50-57-84(58-51-80)117-120-107-44-18-21-47-110(107)123(117)94-35-8-3-9-36-94)76-106(103)116(98-39-13-12-38-97(98)82-29-6-2-7-30-82)104-71-67-90(75-105(104)115)79-52-59-85(60-53-79)119-122-109-46-20-23-49-112(109)125(119)96-37-25-33-89(74-96)81-64-68-95(69-65-81)124-111-48-22-19-45-108(111)121-118(124)86-61-55-83(56-62-86)113-99-40-14-16-42-101(99)114(102-43-17-15-41-100(102)113)93-63-54-78-28-10-11-31-87(78)73-93/h1-76H. The van der Waals surface area contributed by atoms with Crippen LogP contribution in [-0.2, 0) is 0 Å². The molecule has 0 aliphatic heterocycles. The number of para-hydroxylation sites is 7. The van der Waals surface area contributed by atoms with E-state index in [2.05, 4.69) is 475 Å². The summed E-state index contributed by atoms with van der Waals surface area (Å²) in [6.45, 7) is 0. The highest BCUT2D eigenvalue weighted by Crippen LogP contribution is 2.51. The van der Waals surface area contributed by atoms with E-state index in [1.165, 1.54) is 93.0 Å². The van der Waals surface area contributed by atoms with Gasteiger partial charge in [0.2, 0.25) is 0 Å². The van der Waals surface area contributed by atoms with Crippen LogP contribution in [0.25, 0.3) is 238 Å². The quantitative estimate of drug-likeness (QED) is 0.0961. The number of hydrogen-bond acceptors (Lipinski definition) is 3. The average molecular weight is 1590 g/mol. The summed E-state index contributed by atoms with van der Waals surface area (Å²) in [5, 5.41) is 12.0. The van der Waals surface area contributed by atoms with E-state index in [-0.39, 0.29) is 0 Å². The van der Waals surface area contributed by atoms with E-state index < -0.39 is 0 Å². The predicted octanol–water partition coefficient (Wildman–Crippen LogP) is 31.5. The molecule has 0 unspecified atom stereocenters. The molecular weight excluding hydrogens is 1510 g/mol. The van der Waals surface area contributed by atoms with Crippen molar-refractivity contribution < 1.29 is 0 Å². The lowest BCUT2D eigenvalue weighted by atomic mass is 9.82. The van der Waals surface area contributed by atoms with Crippen molar-refractivity contribution in [2.75, 3.05) is 0 Å². The molecular formula is C119H76N6. The van der Waals surface area contributed by atoms with Crippen LogP contribution in [0.5, 0.6) is 0 Å². The number of benzene rings is 21. The van der Waals surface area contributed by atoms with E-state index in [1.54, 1.807) is 0 Å². The van der Waals surface area contributed by atoms with Crippen LogP contribution in [0.3, 0.4) is 0 Å². The van der Waals surface area contributed by atoms with Gasteiger partial charge >= 0.3 is 0 Å². The summed E-state index contributed by atoms with van der Waals surface area (Å²) in [4.78, 5) is 16.1. The van der Waals surface area contributed by atoms with E-state index >= 15 is 0 Å². The highest BCUT2D eigenvalue weighted by molar-refractivity contribution is 6.25. The predicted molar refractivity (Wildman–Crippen MR) is 523 cm³/mol. The van der Waals surface area contributed by atoms with Gasteiger partial charge < -0.3 is 0 Å². The molecule has 6 heteroatoms. The van der Waals surface area contributed by atoms with Crippen LogP contribution in [0.15, 0.2) is 461 Å². The third-order valence-corrected chi connectivity index (χ3v) is 25.3. The minimum atomic E-state index is 0.862. The fourth-order valence-corrected chi connectivity index (χ4v) is 19.4. The zero-order valence-corrected chi connectivity index (χ0v) is 68.1. The Hall–Kier alpha value is -16.7. The van der Waals surface area contributed by atoms with Gasteiger partial charge in [0.25, 0.3) is 0 Å². The Morgan fingerprint density at radius 1 is 0.144 bits per heavy atom. The zero-order chi connectivity index (χ0) is 82.4. The first kappa shape index (κ1) is 72.4. The minimum Gasteiger partial charge on any atom is -0.292 e. The molecule has 125 heavy (non-hydrogen) atoms. The van der Waals surface area contributed by atoms with Gasteiger partial charge in [0.05, 0.1) is 33.1 Å². The van der Waals surface area contributed by atoms with Crippen LogP contribution < -0.4 is 0 Å².